The first-order chi connectivity index (χ1) is 4.88. The van der Waals surface area contributed by atoms with E-state index in [0.29, 0.717) is 0 Å². The summed E-state index contributed by atoms with van der Waals surface area (Å²) in [6.45, 7) is 0. The highest BCUT2D eigenvalue weighted by Crippen LogP contribution is 2.37. The maximum atomic E-state index is 2.52. The third-order valence-corrected chi connectivity index (χ3v) is 3.35. The molecule has 1 atom stereocenters. The van der Waals surface area contributed by atoms with Crippen LogP contribution in [0.5, 0.6) is 0 Å². The fourth-order valence-electron chi connectivity index (χ4n) is 1.51. The number of aryl methyl sites for hydroxylation is 1. The van der Waals surface area contributed by atoms with Crippen LogP contribution in [0.25, 0.3) is 0 Å². The summed E-state index contributed by atoms with van der Waals surface area (Å²) in [7, 11) is 0. The Kier molecular flexibility index (Phi) is 1.68. The number of halogens is 1. The van der Waals surface area contributed by atoms with E-state index in [0.717, 1.165) is 3.92 Å². The van der Waals surface area contributed by atoms with Crippen molar-refractivity contribution < 1.29 is 0 Å². The second kappa shape index (κ2) is 2.53. The Hall–Kier alpha value is -0.0500. The van der Waals surface area contributed by atoms with Crippen LogP contribution in [-0.4, -0.2) is 0 Å². The van der Waals surface area contributed by atoms with Crippen LogP contribution < -0.4 is 0 Å². The monoisotopic (exact) mass is 244 g/mol. The van der Waals surface area contributed by atoms with E-state index in [9.17, 15) is 0 Å². The van der Waals surface area contributed by atoms with E-state index >= 15 is 0 Å². The molecule has 0 aromatic heterocycles. The molecule has 0 radical (unpaired) electrons. The lowest BCUT2D eigenvalue weighted by Crippen LogP contribution is -1.80. The molecule has 1 aromatic carbocycles. The van der Waals surface area contributed by atoms with Crippen molar-refractivity contribution in [1.29, 1.82) is 0 Å². The van der Waals surface area contributed by atoms with Crippen molar-refractivity contribution in [3.63, 3.8) is 0 Å². The highest BCUT2D eigenvalue weighted by atomic mass is 127. The Bertz CT molecular complexity index is 242. The van der Waals surface area contributed by atoms with Crippen LogP contribution >= 0.6 is 22.6 Å². The van der Waals surface area contributed by atoms with Crippen LogP contribution in [0.4, 0.5) is 0 Å². The fourth-order valence-corrected chi connectivity index (χ4v) is 2.42. The summed E-state index contributed by atoms with van der Waals surface area (Å²) in [5.74, 6) is 0. The molecule has 0 N–H and O–H groups in total. The van der Waals surface area contributed by atoms with E-state index in [1.165, 1.54) is 12.8 Å². The van der Waals surface area contributed by atoms with Gasteiger partial charge in [-0.1, -0.05) is 46.9 Å². The van der Waals surface area contributed by atoms with Gasteiger partial charge in [0.2, 0.25) is 0 Å². The lowest BCUT2D eigenvalue weighted by molar-refractivity contribution is 0.916. The Morgan fingerprint density at radius 1 is 1.30 bits per heavy atom. The molecule has 0 fully saturated rings. The molecule has 0 heterocycles. The normalized spacial score (nSPS) is 22.7. The minimum Gasteiger partial charge on any atom is -0.0774 e. The number of alkyl halides is 1. The van der Waals surface area contributed by atoms with Gasteiger partial charge in [0, 0.05) is 3.92 Å². The molecule has 10 heavy (non-hydrogen) atoms. The van der Waals surface area contributed by atoms with Crippen molar-refractivity contribution >= 4 is 22.6 Å². The molecule has 1 heteroatoms. The molecule has 1 aliphatic rings. The zero-order chi connectivity index (χ0) is 6.97. The zero-order valence-corrected chi connectivity index (χ0v) is 7.84. The zero-order valence-electron chi connectivity index (χ0n) is 5.68. The maximum Gasteiger partial charge on any atom is 0.0365 e. The average Bonchev–Trinajstić information content (AvgIpc) is 2.34. The van der Waals surface area contributed by atoms with Crippen molar-refractivity contribution in [3.05, 3.63) is 35.4 Å². The summed E-state index contributed by atoms with van der Waals surface area (Å²) in [6.07, 6.45) is 2.61. The van der Waals surface area contributed by atoms with E-state index in [4.69, 9.17) is 0 Å². The van der Waals surface area contributed by atoms with Crippen LogP contribution in [0.1, 0.15) is 21.5 Å². The van der Waals surface area contributed by atoms with Gasteiger partial charge in [0.05, 0.1) is 0 Å². The third-order valence-electron chi connectivity index (χ3n) is 2.06. The lowest BCUT2D eigenvalue weighted by Gasteiger charge is -1.99. The standard InChI is InChI=1S/C9H9I/c10-9-6-5-7-3-1-2-4-8(7)9/h1-4,9H,5-6H2/t9-/m0/s1. The fraction of sp³-hybridized carbons (Fsp3) is 0.333. The molecule has 0 spiro atoms. The van der Waals surface area contributed by atoms with Gasteiger partial charge in [-0.25, -0.2) is 0 Å². The Morgan fingerprint density at radius 3 is 2.90 bits per heavy atom. The Balaban J connectivity index is 2.51. The second-order valence-electron chi connectivity index (χ2n) is 2.71. The van der Waals surface area contributed by atoms with Gasteiger partial charge >= 0.3 is 0 Å². The molecule has 0 nitrogen and oxygen atoms in total. The highest BCUT2D eigenvalue weighted by Gasteiger charge is 2.17. The first kappa shape index (κ1) is 6.65. The topological polar surface area (TPSA) is 0 Å². The summed E-state index contributed by atoms with van der Waals surface area (Å²) in [4.78, 5) is 0. The van der Waals surface area contributed by atoms with Crippen molar-refractivity contribution in [3.8, 4) is 0 Å². The minimum atomic E-state index is 0.772. The molecule has 1 aliphatic carbocycles. The first-order valence-corrected chi connectivity index (χ1v) is 4.84. The lowest BCUT2D eigenvalue weighted by atomic mass is 10.1. The van der Waals surface area contributed by atoms with Gasteiger partial charge in [0.15, 0.2) is 0 Å². The highest BCUT2D eigenvalue weighted by molar-refractivity contribution is 14.1. The molecule has 2 rings (SSSR count). The summed E-state index contributed by atoms with van der Waals surface area (Å²) in [5.41, 5.74) is 3.12. The van der Waals surface area contributed by atoms with E-state index in [1.807, 2.05) is 0 Å². The first-order valence-electron chi connectivity index (χ1n) is 3.60. The SMILES string of the molecule is I[C@H]1CCc2ccccc21. The van der Waals surface area contributed by atoms with E-state index in [1.54, 1.807) is 11.1 Å². The predicted molar refractivity (Wildman–Crippen MR) is 51.5 cm³/mol. The molecule has 0 saturated carbocycles. The molecular weight excluding hydrogens is 235 g/mol. The number of fused-ring (bicyclic) bond motifs is 1. The quantitative estimate of drug-likeness (QED) is 0.486. The smallest absolute Gasteiger partial charge is 0.0365 e. The van der Waals surface area contributed by atoms with Crippen LogP contribution in [0.15, 0.2) is 24.3 Å². The van der Waals surface area contributed by atoms with Crippen LogP contribution in [0, 0.1) is 0 Å². The Labute approximate surface area is 74.8 Å². The third kappa shape index (κ3) is 0.965. The minimum absolute atomic E-state index is 0.772. The number of benzene rings is 1. The van der Waals surface area contributed by atoms with Gasteiger partial charge in [-0.05, 0) is 24.0 Å². The van der Waals surface area contributed by atoms with Crippen LogP contribution in [0.3, 0.4) is 0 Å². The van der Waals surface area contributed by atoms with Crippen molar-refractivity contribution in [1.82, 2.24) is 0 Å². The molecule has 52 valence electrons. The van der Waals surface area contributed by atoms with Crippen LogP contribution in [0.2, 0.25) is 0 Å². The van der Waals surface area contributed by atoms with Gasteiger partial charge in [-0.2, -0.15) is 0 Å². The molecule has 0 amide bonds. The van der Waals surface area contributed by atoms with Gasteiger partial charge < -0.3 is 0 Å². The summed E-state index contributed by atoms with van der Waals surface area (Å²) >= 11 is 2.52. The number of hydrogen-bond donors (Lipinski definition) is 0. The summed E-state index contributed by atoms with van der Waals surface area (Å²) in [6, 6.07) is 8.76. The van der Waals surface area contributed by atoms with Crippen molar-refractivity contribution in [2.75, 3.05) is 0 Å². The largest absolute Gasteiger partial charge is 0.0774 e. The van der Waals surface area contributed by atoms with Gasteiger partial charge in [0.25, 0.3) is 0 Å². The Morgan fingerprint density at radius 2 is 2.10 bits per heavy atom. The molecular formula is C9H9I. The van der Waals surface area contributed by atoms with Crippen LogP contribution in [-0.2, 0) is 6.42 Å². The molecule has 1 aromatic rings. The molecule has 0 bridgehead atoms. The van der Waals surface area contributed by atoms with E-state index in [-0.39, 0.29) is 0 Å². The van der Waals surface area contributed by atoms with E-state index in [2.05, 4.69) is 46.9 Å². The van der Waals surface area contributed by atoms with Gasteiger partial charge in [-0.3, -0.25) is 0 Å². The van der Waals surface area contributed by atoms with E-state index < -0.39 is 0 Å². The number of hydrogen-bond acceptors (Lipinski definition) is 0. The predicted octanol–water partition coefficient (Wildman–Crippen LogP) is 3.11. The molecule has 0 aliphatic heterocycles. The second-order valence-corrected chi connectivity index (χ2v) is 4.21. The summed E-state index contributed by atoms with van der Waals surface area (Å²) < 4.78 is 0.772. The van der Waals surface area contributed by atoms with Gasteiger partial charge in [-0.15, -0.1) is 0 Å². The summed E-state index contributed by atoms with van der Waals surface area (Å²) in [5, 5.41) is 0. The molecule has 0 unspecified atom stereocenters. The average molecular weight is 244 g/mol. The molecule has 0 saturated heterocycles. The number of rotatable bonds is 0. The van der Waals surface area contributed by atoms with Crippen molar-refractivity contribution in [2.24, 2.45) is 0 Å². The van der Waals surface area contributed by atoms with Gasteiger partial charge in [0.1, 0.15) is 0 Å². The van der Waals surface area contributed by atoms with Crippen molar-refractivity contribution in [2.45, 2.75) is 16.8 Å². The maximum absolute atomic E-state index is 2.52.